The Balaban J connectivity index is 2.29. The van der Waals surface area contributed by atoms with Gasteiger partial charge in [0.05, 0.1) is 5.71 Å². The fraction of sp³-hybridized carbons (Fsp3) is 0.200. The highest BCUT2D eigenvalue weighted by Gasteiger charge is 2.14. The van der Waals surface area contributed by atoms with Crippen LogP contribution in [-0.4, -0.2) is 16.6 Å². The second-order valence-electron chi connectivity index (χ2n) is 3.13. The van der Waals surface area contributed by atoms with E-state index < -0.39 is 0 Å². The molecule has 0 fully saturated rings. The van der Waals surface area contributed by atoms with Crippen LogP contribution >= 0.6 is 24.0 Å². The molecule has 5 heteroatoms. The molecule has 0 bridgehead atoms. The van der Waals surface area contributed by atoms with Gasteiger partial charge in [-0.2, -0.15) is 5.10 Å². The van der Waals surface area contributed by atoms with Gasteiger partial charge in [0.25, 0.3) is 0 Å². The van der Waals surface area contributed by atoms with Crippen molar-refractivity contribution >= 4 is 34.8 Å². The maximum atomic E-state index is 5.34. The van der Waals surface area contributed by atoms with Gasteiger partial charge in [0, 0.05) is 22.6 Å². The van der Waals surface area contributed by atoms with Gasteiger partial charge in [-0.25, -0.2) is 0 Å². The van der Waals surface area contributed by atoms with E-state index in [1.807, 2.05) is 23.9 Å². The van der Waals surface area contributed by atoms with Crippen molar-refractivity contribution in [2.45, 2.75) is 11.3 Å². The number of hydrogen-bond donors (Lipinski definition) is 2. The Morgan fingerprint density at radius 1 is 1.47 bits per heavy atom. The molecule has 0 aliphatic carbocycles. The molecular formula is C10H11N3S2. The summed E-state index contributed by atoms with van der Waals surface area (Å²) in [5.41, 5.74) is 10.2. The topological polar surface area (TPSA) is 50.4 Å². The molecule has 0 spiro atoms. The average Bonchev–Trinajstić information content (AvgIpc) is 2.26. The molecule has 1 aromatic rings. The molecule has 15 heavy (non-hydrogen) atoms. The van der Waals surface area contributed by atoms with Crippen molar-refractivity contribution in [3.8, 4) is 0 Å². The molecule has 1 aliphatic heterocycles. The summed E-state index contributed by atoms with van der Waals surface area (Å²) in [5, 5.41) is 4.42. The smallest absolute Gasteiger partial charge is 0.184 e. The first-order valence-corrected chi connectivity index (χ1v) is 6.01. The molecule has 0 atom stereocenters. The molecule has 1 aromatic carbocycles. The van der Waals surface area contributed by atoms with Gasteiger partial charge in [0.1, 0.15) is 0 Å². The number of hydrazone groups is 1. The van der Waals surface area contributed by atoms with Gasteiger partial charge in [-0.15, -0.1) is 11.8 Å². The molecule has 0 aromatic heterocycles. The molecule has 0 unspecified atom stereocenters. The van der Waals surface area contributed by atoms with Crippen LogP contribution in [0.4, 0.5) is 0 Å². The SMILES string of the molecule is NC(=S)NN=C1CCSc2ccccc21. The first-order valence-electron chi connectivity index (χ1n) is 4.61. The van der Waals surface area contributed by atoms with Crippen LogP contribution in [0.25, 0.3) is 0 Å². The predicted molar refractivity (Wildman–Crippen MR) is 68.2 cm³/mol. The number of nitrogens with zero attached hydrogens (tertiary/aromatic N) is 1. The van der Waals surface area contributed by atoms with Crippen LogP contribution in [0.1, 0.15) is 12.0 Å². The number of nitrogens with one attached hydrogen (secondary N) is 1. The molecule has 1 aliphatic rings. The summed E-state index contributed by atoms with van der Waals surface area (Å²) in [4.78, 5) is 1.27. The zero-order chi connectivity index (χ0) is 10.7. The maximum absolute atomic E-state index is 5.34. The van der Waals surface area contributed by atoms with Crippen molar-refractivity contribution in [1.82, 2.24) is 5.43 Å². The maximum Gasteiger partial charge on any atom is 0.184 e. The Kier molecular flexibility index (Phi) is 3.23. The molecule has 1 heterocycles. The Bertz CT molecular complexity index is 415. The molecule has 0 amide bonds. The molecule has 0 saturated carbocycles. The highest BCUT2D eigenvalue weighted by atomic mass is 32.2. The Morgan fingerprint density at radius 2 is 2.27 bits per heavy atom. The van der Waals surface area contributed by atoms with Crippen LogP contribution in [0.5, 0.6) is 0 Å². The summed E-state index contributed by atoms with van der Waals surface area (Å²) in [6.45, 7) is 0. The third-order valence-corrected chi connectivity index (χ3v) is 3.26. The largest absolute Gasteiger partial charge is 0.375 e. The van der Waals surface area contributed by atoms with Crippen molar-refractivity contribution in [2.75, 3.05) is 5.75 Å². The second-order valence-corrected chi connectivity index (χ2v) is 4.71. The quantitative estimate of drug-likeness (QED) is 0.577. The van der Waals surface area contributed by atoms with Gasteiger partial charge in [-0.3, -0.25) is 5.43 Å². The van der Waals surface area contributed by atoms with E-state index in [-0.39, 0.29) is 5.11 Å². The number of benzene rings is 1. The summed E-state index contributed by atoms with van der Waals surface area (Å²) in [7, 11) is 0. The van der Waals surface area contributed by atoms with E-state index in [2.05, 4.69) is 22.7 Å². The van der Waals surface area contributed by atoms with E-state index in [0.29, 0.717) is 0 Å². The summed E-state index contributed by atoms with van der Waals surface area (Å²) in [6.07, 6.45) is 0.942. The van der Waals surface area contributed by atoms with Crippen LogP contribution in [-0.2, 0) is 0 Å². The standard InChI is InChI=1S/C10H11N3S2/c11-10(14)13-12-8-5-6-15-9-4-2-1-3-7(8)9/h1-4H,5-6H2,(H3,11,13,14). The monoisotopic (exact) mass is 237 g/mol. The van der Waals surface area contributed by atoms with E-state index >= 15 is 0 Å². The lowest BCUT2D eigenvalue weighted by atomic mass is 10.1. The average molecular weight is 237 g/mol. The zero-order valence-electron chi connectivity index (χ0n) is 8.06. The lowest BCUT2D eigenvalue weighted by molar-refractivity contribution is 1.01. The number of hydrogen-bond acceptors (Lipinski definition) is 3. The van der Waals surface area contributed by atoms with Crippen molar-refractivity contribution in [1.29, 1.82) is 0 Å². The Morgan fingerprint density at radius 3 is 3.07 bits per heavy atom. The van der Waals surface area contributed by atoms with Crippen LogP contribution in [0.3, 0.4) is 0 Å². The predicted octanol–water partition coefficient (Wildman–Crippen LogP) is 1.72. The molecule has 2 rings (SSSR count). The summed E-state index contributed by atoms with van der Waals surface area (Å²) in [5.74, 6) is 1.05. The van der Waals surface area contributed by atoms with E-state index in [1.54, 1.807) is 0 Å². The van der Waals surface area contributed by atoms with Gasteiger partial charge in [-0.05, 0) is 18.3 Å². The number of nitrogens with two attached hydrogens (primary N) is 1. The van der Waals surface area contributed by atoms with Gasteiger partial charge in [-0.1, -0.05) is 18.2 Å². The Labute approximate surface area is 98.1 Å². The van der Waals surface area contributed by atoms with Crippen LogP contribution in [0, 0.1) is 0 Å². The van der Waals surface area contributed by atoms with Crippen LogP contribution in [0.15, 0.2) is 34.3 Å². The first-order chi connectivity index (χ1) is 7.27. The number of fused-ring (bicyclic) bond motifs is 1. The molecular weight excluding hydrogens is 226 g/mol. The Hall–Kier alpha value is -1.07. The minimum atomic E-state index is 0.207. The first kappa shape index (κ1) is 10.4. The van der Waals surface area contributed by atoms with Gasteiger partial charge in [0.15, 0.2) is 5.11 Å². The lowest BCUT2D eigenvalue weighted by Gasteiger charge is -2.16. The van der Waals surface area contributed by atoms with Crippen molar-refractivity contribution < 1.29 is 0 Å². The van der Waals surface area contributed by atoms with E-state index in [0.717, 1.165) is 17.9 Å². The summed E-state index contributed by atoms with van der Waals surface area (Å²) in [6, 6.07) is 8.23. The molecule has 3 N–H and O–H groups in total. The third-order valence-electron chi connectivity index (χ3n) is 2.10. The van der Waals surface area contributed by atoms with E-state index in [1.165, 1.54) is 10.5 Å². The zero-order valence-corrected chi connectivity index (χ0v) is 9.70. The molecule has 0 saturated heterocycles. The van der Waals surface area contributed by atoms with E-state index in [9.17, 15) is 0 Å². The fourth-order valence-corrected chi connectivity index (χ4v) is 2.54. The van der Waals surface area contributed by atoms with Crippen LogP contribution in [0.2, 0.25) is 0 Å². The van der Waals surface area contributed by atoms with E-state index in [4.69, 9.17) is 18.0 Å². The van der Waals surface area contributed by atoms with Crippen LogP contribution < -0.4 is 11.2 Å². The highest BCUT2D eigenvalue weighted by molar-refractivity contribution is 7.99. The third kappa shape index (κ3) is 2.49. The van der Waals surface area contributed by atoms with Crippen molar-refractivity contribution in [2.24, 2.45) is 10.8 Å². The molecule has 0 radical (unpaired) electrons. The lowest BCUT2D eigenvalue weighted by Crippen LogP contribution is -2.26. The number of thioether (sulfide) groups is 1. The number of rotatable bonds is 1. The molecule has 78 valence electrons. The summed E-state index contributed by atoms with van der Waals surface area (Å²) >= 11 is 6.57. The minimum Gasteiger partial charge on any atom is -0.375 e. The van der Waals surface area contributed by atoms with Gasteiger partial charge in [0.2, 0.25) is 0 Å². The normalized spacial score (nSPS) is 17.2. The number of thiocarbonyl (C=S) groups is 1. The fourth-order valence-electron chi connectivity index (χ4n) is 1.46. The summed E-state index contributed by atoms with van der Waals surface area (Å²) < 4.78 is 0. The van der Waals surface area contributed by atoms with Crippen molar-refractivity contribution in [3.63, 3.8) is 0 Å². The van der Waals surface area contributed by atoms with Crippen molar-refractivity contribution in [3.05, 3.63) is 29.8 Å². The minimum absolute atomic E-state index is 0.207. The second kappa shape index (κ2) is 4.63. The highest BCUT2D eigenvalue weighted by Crippen LogP contribution is 2.29. The van der Waals surface area contributed by atoms with Gasteiger partial charge < -0.3 is 5.73 Å². The van der Waals surface area contributed by atoms with Gasteiger partial charge >= 0.3 is 0 Å². The molecule has 3 nitrogen and oxygen atoms in total.